The molecule has 0 unspecified atom stereocenters. The van der Waals surface area contributed by atoms with Gasteiger partial charge in [-0.3, -0.25) is 4.79 Å². The number of aryl methyl sites for hydroxylation is 1. The Labute approximate surface area is 164 Å². The Hall–Kier alpha value is -3.54. The number of anilines is 2. The van der Waals surface area contributed by atoms with Gasteiger partial charge in [0.15, 0.2) is 0 Å². The van der Waals surface area contributed by atoms with Crippen LogP contribution in [0.1, 0.15) is 21.5 Å². The van der Waals surface area contributed by atoms with Crippen molar-refractivity contribution in [2.75, 3.05) is 24.9 Å². The van der Waals surface area contributed by atoms with E-state index in [1.54, 1.807) is 30.5 Å². The van der Waals surface area contributed by atoms with Gasteiger partial charge < -0.3 is 20.1 Å². The van der Waals surface area contributed by atoms with Gasteiger partial charge in [0.2, 0.25) is 0 Å². The van der Waals surface area contributed by atoms with Gasteiger partial charge in [-0.2, -0.15) is 0 Å². The average Bonchev–Trinajstić information content (AvgIpc) is 2.73. The van der Waals surface area contributed by atoms with Crippen molar-refractivity contribution in [3.63, 3.8) is 0 Å². The molecule has 0 saturated heterocycles. The van der Waals surface area contributed by atoms with E-state index in [-0.39, 0.29) is 5.91 Å². The van der Waals surface area contributed by atoms with E-state index in [1.165, 1.54) is 25.3 Å². The Morgan fingerprint density at radius 2 is 1.64 bits per heavy atom. The van der Waals surface area contributed by atoms with Crippen LogP contribution in [0.5, 0.6) is 11.5 Å². The molecular weight excluding hydrogens is 354 g/mol. The molecule has 6 heteroatoms. The molecule has 0 aliphatic rings. The normalized spacial score (nSPS) is 10.2. The number of carbonyl (C=O) groups is 1. The van der Waals surface area contributed by atoms with E-state index in [1.807, 2.05) is 6.07 Å². The summed E-state index contributed by atoms with van der Waals surface area (Å²) < 4.78 is 10.6. The summed E-state index contributed by atoms with van der Waals surface area (Å²) in [5.74, 6) is 1.30. The van der Waals surface area contributed by atoms with Crippen molar-refractivity contribution in [1.29, 1.82) is 0 Å². The highest BCUT2D eigenvalue weighted by molar-refractivity contribution is 6.08. The lowest BCUT2D eigenvalue weighted by molar-refractivity contribution is 0.102. The molecule has 6 nitrogen and oxygen atoms in total. The lowest BCUT2D eigenvalue weighted by atomic mass is 10.1. The second kappa shape index (κ2) is 8.90. The fourth-order valence-electron chi connectivity index (χ4n) is 2.74. The predicted molar refractivity (Wildman–Crippen MR) is 110 cm³/mol. The first-order chi connectivity index (χ1) is 13.6. The second-order valence-electron chi connectivity index (χ2n) is 6.26. The van der Waals surface area contributed by atoms with E-state index in [2.05, 4.69) is 46.8 Å². The zero-order valence-corrected chi connectivity index (χ0v) is 16.2. The third-order valence-corrected chi connectivity index (χ3v) is 4.27. The molecule has 0 aliphatic carbocycles. The molecule has 28 heavy (non-hydrogen) atoms. The zero-order valence-electron chi connectivity index (χ0n) is 16.2. The van der Waals surface area contributed by atoms with Crippen LogP contribution >= 0.6 is 0 Å². The van der Waals surface area contributed by atoms with Gasteiger partial charge in [-0.1, -0.05) is 35.9 Å². The Morgan fingerprint density at radius 1 is 0.964 bits per heavy atom. The highest BCUT2D eigenvalue weighted by atomic mass is 16.5. The van der Waals surface area contributed by atoms with Gasteiger partial charge in [0.05, 0.1) is 26.1 Å². The molecular formula is C22H23N3O3. The summed E-state index contributed by atoms with van der Waals surface area (Å²) >= 11 is 0. The van der Waals surface area contributed by atoms with Gasteiger partial charge in [-0.05, 0) is 36.8 Å². The van der Waals surface area contributed by atoms with Crippen LogP contribution in [-0.4, -0.2) is 25.1 Å². The van der Waals surface area contributed by atoms with E-state index < -0.39 is 0 Å². The number of pyridine rings is 1. The number of carbonyl (C=O) groups excluding carboxylic acids is 1. The molecule has 2 aromatic carbocycles. The second-order valence-corrected chi connectivity index (χ2v) is 6.26. The summed E-state index contributed by atoms with van der Waals surface area (Å²) in [6.07, 6.45) is 1.61. The van der Waals surface area contributed by atoms with Crippen molar-refractivity contribution >= 4 is 17.4 Å². The van der Waals surface area contributed by atoms with E-state index in [0.29, 0.717) is 29.3 Å². The SMILES string of the molecule is COc1cccc(OC)c1C(=O)Nc1ccc(NCc2ccc(C)cc2)nc1. The van der Waals surface area contributed by atoms with Gasteiger partial charge in [0, 0.05) is 6.54 Å². The highest BCUT2D eigenvalue weighted by Crippen LogP contribution is 2.29. The van der Waals surface area contributed by atoms with Crippen LogP contribution < -0.4 is 20.1 Å². The highest BCUT2D eigenvalue weighted by Gasteiger charge is 2.18. The smallest absolute Gasteiger partial charge is 0.263 e. The van der Waals surface area contributed by atoms with Crippen molar-refractivity contribution in [2.24, 2.45) is 0 Å². The van der Waals surface area contributed by atoms with Crippen LogP contribution in [0.2, 0.25) is 0 Å². The number of rotatable bonds is 7. The van der Waals surface area contributed by atoms with E-state index in [4.69, 9.17) is 9.47 Å². The van der Waals surface area contributed by atoms with Crippen molar-refractivity contribution in [1.82, 2.24) is 4.98 Å². The van der Waals surface area contributed by atoms with Gasteiger partial charge >= 0.3 is 0 Å². The molecule has 1 aromatic heterocycles. The Bertz CT molecular complexity index is 916. The summed E-state index contributed by atoms with van der Waals surface area (Å²) in [5, 5.41) is 6.09. The summed E-state index contributed by atoms with van der Waals surface area (Å²) in [7, 11) is 3.03. The molecule has 3 rings (SSSR count). The number of methoxy groups -OCH3 is 2. The van der Waals surface area contributed by atoms with Crippen LogP contribution in [0.4, 0.5) is 11.5 Å². The van der Waals surface area contributed by atoms with E-state index in [9.17, 15) is 4.79 Å². The number of aromatic nitrogens is 1. The van der Waals surface area contributed by atoms with Gasteiger partial charge in [0.25, 0.3) is 5.91 Å². The predicted octanol–water partition coefficient (Wildman–Crippen LogP) is 4.27. The monoisotopic (exact) mass is 377 g/mol. The third kappa shape index (κ3) is 4.59. The van der Waals surface area contributed by atoms with E-state index >= 15 is 0 Å². The number of amides is 1. The quantitative estimate of drug-likeness (QED) is 0.643. The summed E-state index contributed by atoms with van der Waals surface area (Å²) in [6.45, 7) is 2.74. The minimum atomic E-state index is -0.323. The number of benzene rings is 2. The maximum atomic E-state index is 12.7. The molecule has 0 saturated carbocycles. The van der Waals surface area contributed by atoms with Crippen molar-refractivity contribution in [2.45, 2.75) is 13.5 Å². The largest absolute Gasteiger partial charge is 0.496 e. The topological polar surface area (TPSA) is 72.5 Å². The molecule has 0 aliphatic heterocycles. The standard InChI is InChI=1S/C22H23N3O3/c1-15-7-9-16(10-8-15)13-23-20-12-11-17(14-24-20)25-22(26)21-18(27-2)5-4-6-19(21)28-3/h4-12,14H,13H2,1-3H3,(H,23,24)(H,25,26). The van der Waals surface area contributed by atoms with Crippen LogP contribution in [-0.2, 0) is 6.54 Å². The first kappa shape index (κ1) is 19.2. The molecule has 0 radical (unpaired) electrons. The fraction of sp³-hybridized carbons (Fsp3) is 0.182. The third-order valence-electron chi connectivity index (χ3n) is 4.27. The maximum Gasteiger partial charge on any atom is 0.263 e. The lowest BCUT2D eigenvalue weighted by Gasteiger charge is -2.13. The zero-order chi connectivity index (χ0) is 19.9. The molecule has 0 spiro atoms. The molecule has 0 atom stereocenters. The minimum absolute atomic E-state index is 0.323. The molecule has 1 amide bonds. The van der Waals surface area contributed by atoms with Crippen molar-refractivity contribution in [3.05, 3.63) is 77.5 Å². The Kier molecular flexibility index (Phi) is 6.11. The van der Waals surface area contributed by atoms with Gasteiger partial charge in [-0.25, -0.2) is 4.98 Å². The van der Waals surface area contributed by atoms with Crippen molar-refractivity contribution < 1.29 is 14.3 Å². The summed E-state index contributed by atoms with van der Waals surface area (Å²) in [6, 6.07) is 17.1. The maximum absolute atomic E-state index is 12.7. The number of ether oxygens (including phenoxy) is 2. The number of hydrogen-bond acceptors (Lipinski definition) is 5. The molecule has 2 N–H and O–H groups in total. The Morgan fingerprint density at radius 3 is 2.21 bits per heavy atom. The summed E-state index contributed by atoms with van der Waals surface area (Å²) in [4.78, 5) is 17.0. The Balaban J connectivity index is 1.66. The van der Waals surface area contributed by atoms with Crippen LogP contribution in [0.15, 0.2) is 60.8 Å². The summed E-state index contributed by atoms with van der Waals surface area (Å²) in [5.41, 5.74) is 3.33. The molecule has 3 aromatic rings. The lowest BCUT2D eigenvalue weighted by Crippen LogP contribution is -2.15. The van der Waals surface area contributed by atoms with Gasteiger partial charge in [-0.15, -0.1) is 0 Å². The molecule has 0 bridgehead atoms. The van der Waals surface area contributed by atoms with Crippen molar-refractivity contribution in [3.8, 4) is 11.5 Å². The van der Waals surface area contributed by atoms with E-state index in [0.717, 1.165) is 5.82 Å². The van der Waals surface area contributed by atoms with Crippen LogP contribution in [0.3, 0.4) is 0 Å². The first-order valence-electron chi connectivity index (χ1n) is 8.88. The number of nitrogens with zero attached hydrogens (tertiary/aromatic N) is 1. The van der Waals surface area contributed by atoms with Crippen LogP contribution in [0, 0.1) is 6.92 Å². The molecule has 0 fully saturated rings. The van der Waals surface area contributed by atoms with Gasteiger partial charge in [0.1, 0.15) is 22.9 Å². The van der Waals surface area contributed by atoms with Crippen LogP contribution in [0.25, 0.3) is 0 Å². The average molecular weight is 377 g/mol. The fourth-order valence-corrected chi connectivity index (χ4v) is 2.74. The minimum Gasteiger partial charge on any atom is -0.496 e. The number of hydrogen-bond donors (Lipinski definition) is 2. The number of nitrogens with one attached hydrogen (secondary N) is 2. The molecule has 144 valence electrons. The molecule has 1 heterocycles. The first-order valence-corrected chi connectivity index (χ1v) is 8.88.